The van der Waals surface area contributed by atoms with Crippen LogP contribution in [0.2, 0.25) is 0 Å². The van der Waals surface area contributed by atoms with Gasteiger partial charge in [-0.05, 0) is 73.2 Å². The molecule has 7 atom stereocenters. The Morgan fingerprint density at radius 2 is 1.89 bits per heavy atom. The molecule has 0 bridgehead atoms. The number of fused-ring (bicyclic) bond motifs is 6. The molecular formula is C23H32O3S. The third kappa shape index (κ3) is 2.38. The van der Waals surface area contributed by atoms with E-state index in [2.05, 4.69) is 13.8 Å². The second kappa shape index (κ2) is 5.95. The average molecular weight is 389 g/mol. The van der Waals surface area contributed by atoms with Gasteiger partial charge in [0.15, 0.2) is 10.9 Å². The zero-order valence-electron chi connectivity index (χ0n) is 16.9. The first kappa shape index (κ1) is 18.4. The zero-order valence-corrected chi connectivity index (χ0v) is 17.7. The molecule has 4 fully saturated rings. The lowest BCUT2D eigenvalue weighted by atomic mass is 9.46. The summed E-state index contributed by atoms with van der Waals surface area (Å²) in [5.41, 5.74) is 1.89. The molecule has 0 amide bonds. The quantitative estimate of drug-likeness (QED) is 0.638. The maximum absolute atomic E-state index is 12.1. The van der Waals surface area contributed by atoms with Crippen LogP contribution in [0.4, 0.5) is 0 Å². The van der Waals surface area contributed by atoms with E-state index in [0.717, 1.165) is 19.4 Å². The van der Waals surface area contributed by atoms with Crippen LogP contribution in [0, 0.1) is 28.6 Å². The number of allylic oxidation sites excluding steroid dienone is 1. The summed E-state index contributed by atoms with van der Waals surface area (Å²) in [6.45, 7) is 7.55. The van der Waals surface area contributed by atoms with Crippen molar-refractivity contribution in [3.63, 3.8) is 0 Å². The first-order valence-corrected chi connectivity index (χ1v) is 11.7. The van der Waals surface area contributed by atoms with Gasteiger partial charge in [0.1, 0.15) is 0 Å². The van der Waals surface area contributed by atoms with Crippen LogP contribution < -0.4 is 0 Å². The van der Waals surface area contributed by atoms with Gasteiger partial charge >= 0.3 is 0 Å². The minimum Gasteiger partial charge on any atom is -0.374 e. The Kier molecular flexibility index (Phi) is 4.06. The molecule has 148 valence electrons. The van der Waals surface area contributed by atoms with E-state index in [4.69, 9.17) is 4.74 Å². The first-order valence-electron chi connectivity index (χ1n) is 10.8. The monoisotopic (exact) mass is 388 g/mol. The highest BCUT2D eigenvalue weighted by Gasteiger charge is 2.68. The minimum atomic E-state index is 0.119. The van der Waals surface area contributed by atoms with Gasteiger partial charge in [0, 0.05) is 25.0 Å². The van der Waals surface area contributed by atoms with Gasteiger partial charge in [-0.25, -0.2) is 0 Å². The molecule has 0 aromatic carbocycles. The van der Waals surface area contributed by atoms with Crippen molar-refractivity contribution >= 4 is 22.7 Å². The summed E-state index contributed by atoms with van der Waals surface area (Å²) >= 11 is 1.56. The number of hydrogen-bond donors (Lipinski definition) is 0. The van der Waals surface area contributed by atoms with Crippen LogP contribution in [-0.2, 0) is 14.3 Å². The van der Waals surface area contributed by atoms with Gasteiger partial charge in [0.25, 0.3) is 0 Å². The molecule has 1 aliphatic heterocycles. The highest BCUT2D eigenvalue weighted by Crippen LogP contribution is 2.71. The standard InChI is InChI=1S/C23H32O3S/c1-14(24)27-19-13-15-12-16(25)4-7-21(15,2)17-5-8-22(3)18(20(17)19)6-9-23(22)10-11-26-23/h12,17-20H,4-11,13H2,1-3H3. The molecule has 5 aliphatic rings. The summed E-state index contributed by atoms with van der Waals surface area (Å²) < 4.78 is 6.26. The molecule has 5 rings (SSSR count). The fourth-order valence-electron chi connectivity index (χ4n) is 7.92. The summed E-state index contributed by atoms with van der Waals surface area (Å²) in [5, 5.41) is 0.558. The Bertz CT molecular complexity index is 723. The molecule has 0 aromatic heterocycles. The lowest BCUT2D eigenvalue weighted by molar-refractivity contribution is -0.226. The van der Waals surface area contributed by atoms with Crippen molar-refractivity contribution < 1.29 is 14.3 Å². The molecular weight excluding hydrogens is 356 g/mol. The summed E-state index contributed by atoms with van der Waals surface area (Å²) in [7, 11) is 0. The van der Waals surface area contributed by atoms with E-state index in [1.165, 1.54) is 37.7 Å². The van der Waals surface area contributed by atoms with Crippen LogP contribution >= 0.6 is 11.8 Å². The predicted molar refractivity (Wildman–Crippen MR) is 107 cm³/mol. The summed E-state index contributed by atoms with van der Waals surface area (Å²) in [4.78, 5) is 24.3. The van der Waals surface area contributed by atoms with E-state index in [-0.39, 0.29) is 27.3 Å². The van der Waals surface area contributed by atoms with Gasteiger partial charge in [-0.2, -0.15) is 0 Å². The number of rotatable bonds is 1. The molecule has 1 heterocycles. The predicted octanol–water partition coefficient (Wildman–Crippen LogP) is 4.94. The number of ether oxygens (including phenoxy) is 1. The zero-order chi connectivity index (χ0) is 19.0. The van der Waals surface area contributed by atoms with Crippen LogP contribution in [0.3, 0.4) is 0 Å². The van der Waals surface area contributed by atoms with Crippen molar-refractivity contribution in [2.75, 3.05) is 6.61 Å². The van der Waals surface area contributed by atoms with E-state index in [0.29, 0.717) is 29.4 Å². The van der Waals surface area contributed by atoms with E-state index in [1.807, 2.05) is 6.08 Å². The van der Waals surface area contributed by atoms with E-state index >= 15 is 0 Å². The molecule has 27 heavy (non-hydrogen) atoms. The van der Waals surface area contributed by atoms with E-state index in [9.17, 15) is 9.59 Å². The van der Waals surface area contributed by atoms with Gasteiger partial charge in [-0.15, -0.1) is 0 Å². The van der Waals surface area contributed by atoms with Crippen molar-refractivity contribution in [3.8, 4) is 0 Å². The Hall–Kier alpha value is -0.610. The molecule has 7 unspecified atom stereocenters. The highest BCUT2D eigenvalue weighted by molar-refractivity contribution is 8.14. The SMILES string of the molecule is CC(=O)SC1CC2=CC(=O)CCC2(C)C2CCC3(C)C(CCC34CCO4)C12. The third-order valence-electron chi connectivity index (χ3n) is 9.45. The molecule has 4 aliphatic carbocycles. The van der Waals surface area contributed by atoms with Gasteiger partial charge in [-0.3, -0.25) is 9.59 Å². The molecule has 3 saturated carbocycles. The van der Waals surface area contributed by atoms with E-state index in [1.54, 1.807) is 18.7 Å². The summed E-state index contributed by atoms with van der Waals surface area (Å²) in [6.07, 6.45) is 10.7. The second-order valence-electron chi connectivity index (χ2n) is 10.3. The summed E-state index contributed by atoms with van der Waals surface area (Å²) in [6, 6.07) is 0. The molecule has 0 N–H and O–H groups in total. The minimum absolute atomic E-state index is 0.119. The normalized spacial score (nSPS) is 51.1. The highest BCUT2D eigenvalue weighted by atomic mass is 32.2. The Balaban J connectivity index is 1.56. The third-order valence-corrected chi connectivity index (χ3v) is 10.6. The van der Waals surface area contributed by atoms with Crippen molar-refractivity contribution in [1.29, 1.82) is 0 Å². The van der Waals surface area contributed by atoms with Gasteiger partial charge in [-0.1, -0.05) is 31.2 Å². The topological polar surface area (TPSA) is 43.4 Å². The molecule has 4 heteroatoms. The second-order valence-corrected chi connectivity index (χ2v) is 11.7. The Labute approximate surface area is 167 Å². The number of carbonyl (C=O) groups is 2. The van der Waals surface area contributed by atoms with Crippen LogP contribution in [0.1, 0.15) is 72.1 Å². The lowest BCUT2D eigenvalue weighted by Crippen LogP contribution is -2.61. The number of thioether (sulfide) groups is 1. The molecule has 1 spiro atoms. The van der Waals surface area contributed by atoms with Crippen molar-refractivity contribution in [1.82, 2.24) is 0 Å². The molecule has 3 nitrogen and oxygen atoms in total. The molecule has 0 radical (unpaired) electrons. The first-order chi connectivity index (χ1) is 12.8. The summed E-state index contributed by atoms with van der Waals surface area (Å²) in [5.74, 6) is 2.13. The van der Waals surface area contributed by atoms with Gasteiger partial charge < -0.3 is 4.74 Å². The smallest absolute Gasteiger partial charge is 0.186 e. The molecule has 0 aromatic rings. The van der Waals surface area contributed by atoms with Gasteiger partial charge in [0.2, 0.25) is 0 Å². The fourth-order valence-corrected chi connectivity index (χ4v) is 9.15. The van der Waals surface area contributed by atoms with Crippen molar-refractivity contribution in [2.45, 2.75) is 83.0 Å². The van der Waals surface area contributed by atoms with Crippen LogP contribution in [0.5, 0.6) is 0 Å². The number of carbonyl (C=O) groups excluding carboxylic acids is 2. The van der Waals surface area contributed by atoms with Gasteiger partial charge in [0.05, 0.1) is 12.2 Å². The average Bonchev–Trinajstić information content (AvgIpc) is 2.89. The number of hydrogen-bond acceptors (Lipinski definition) is 4. The Morgan fingerprint density at radius 1 is 1.15 bits per heavy atom. The lowest BCUT2D eigenvalue weighted by Gasteiger charge is -2.62. The van der Waals surface area contributed by atoms with Crippen LogP contribution in [-0.4, -0.2) is 28.4 Å². The fraction of sp³-hybridized carbons (Fsp3) is 0.826. The maximum atomic E-state index is 12.1. The largest absolute Gasteiger partial charge is 0.374 e. The Morgan fingerprint density at radius 3 is 2.56 bits per heavy atom. The van der Waals surface area contributed by atoms with Crippen LogP contribution in [0.15, 0.2) is 11.6 Å². The van der Waals surface area contributed by atoms with Crippen molar-refractivity contribution in [3.05, 3.63) is 11.6 Å². The number of ketones is 1. The van der Waals surface area contributed by atoms with Crippen LogP contribution in [0.25, 0.3) is 0 Å². The molecule has 1 saturated heterocycles. The van der Waals surface area contributed by atoms with E-state index < -0.39 is 0 Å². The maximum Gasteiger partial charge on any atom is 0.186 e. The van der Waals surface area contributed by atoms with Crippen molar-refractivity contribution in [2.24, 2.45) is 28.6 Å².